The van der Waals surface area contributed by atoms with Gasteiger partial charge < -0.3 is 19.7 Å². The molecule has 0 aliphatic carbocycles. The van der Waals surface area contributed by atoms with E-state index in [0.717, 1.165) is 45.1 Å². The number of hydrogen-bond donors (Lipinski definition) is 1. The summed E-state index contributed by atoms with van der Waals surface area (Å²) < 4.78 is 2.12. The zero-order valence-corrected chi connectivity index (χ0v) is 15.6. The summed E-state index contributed by atoms with van der Waals surface area (Å²) in [6, 6.07) is 0.110. The van der Waals surface area contributed by atoms with Crippen molar-refractivity contribution in [3.63, 3.8) is 0 Å². The molecule has 2 aliphatic heterocycles. The van der Waals surface area contributed by atoms with Gasteiger partial charge in [-0.1, -0.05) is 13.3 Å². The van der Waals surface area contributed by atoms with Gasteiger partial charge in [0.1, 0.15) is 0 Å². The normalized spacial score (nSPS) is 22.9. The zero-order valence-electron chi connectivity index (χ0n) is 15.6. The van der Waals surface area contributed by atoms with Crippen molar-refractivity contribution in [3.8, 4) is 0 Å². The minimum atomic E-state index is 0.110. The summed E-state index contributed by atoms with van der Waals surface area (Å²) in [6.45, 7) is 9.10. The number of nitrogens with one attached hydrogen (secondary N) is 1. The van der Waals surface area contributed by atoms with Crippen molar-refractivity contribution in [1.29, 1.82) is 0 Å². The molecule has 0 saturated carbocycles. The lowest BCUT2D eigenvalue weighted by atomic mass is 9.94. The van der Waals surface area contributed by atoms with E-state index in [0.29, 0.717) is 5.92 Å². The first-order chi connectivity index (χ1) is 12.2. The predicted molar refractivity (Wildman–Crippen MR) is 99.4 cm³/mol. The molecule has 1 aromatic heterocycles. The molecular weight excluding hydrogens is 314 g/mol. The maximum Gasteiger partial charge on any atom is 0.317 e. The number of piperidine rings is 2. The number of nitrogens with zero attached hydrogens (tertiary/aromatic N) is 4. The van der Waals surface area contributed by atoms with Crippen LogP contribution in [0, 0.1) is 11.8 Å². The van der Waals surface area contributed by atoms with Crippen molar-refractivity contribution in [2.75, 3.05) is 39.3 Å². The standard InChI is InChI=1S/C19H33N5O/c1-2-17-5-10-22(11-6-17)13-8-21-19(25)24-9-3-4-18(15-24)14-23-12-7-20-16-23/h7,12,16-18H,2-6,8-11,13-15H2,1H3,(H,21,25)/t18-/m1/s1. The lowest BCUT2D eigenvalue weighted by Gasteiger charge is -2.34. The highest BCUT2D eigenvalue weighted by molar-refractivity contribution is 5.74. The van der Waals surface area contributed by atoms with E-state index in [1.54, 1.807) is 0 Å². The summed E-state index contributed by atoms with van der Waals surface area (Å²) >= 11 is 0. The third kappa shape index (κ3) is 5.46. The van der Waals surface area contributed by atoms with Gasteiger partial charge in [0.05, 0.1) is 6.33 Å². The Balaban J connectivity index is 1.35. The van der Waals surface area contributed by atoms with Crippen LogP contribution in [0.25, 0.3) is 0 Å². The van der Waals surface area contributed by atoms with E-state index in [1.807, 2.05) is 23.6 Å². The number of carbonyl (C=O) groups is 1. The van der Waals surface area contributed by atoms with Crippen molar-refractivity contribution < 1.29 is 4.79 Å². The highest BCUT2D eigenvalue weighted by Crippen LogP contribution is 2.20. The molecule has 2 aliphatic rings. The molecule has 0 bridgehead atoms. The van der Waals surface area contributed by atoms with Gasteiger partial charge >= 0.3 is 6.03 Å². The molecule has 2 fully saturated rings. The quantitative estimate of drug-likeness (QED) is 0.860. The SMILES string of the molecule is CCC1CCN(CCNC(=O)N2CCC[C@H](Cn3ccnc3)C2)CC1. The van der Waals surface area contributed by atoms with Gasteiger partial charge in [0.25, 0.3) is 0 Å². The summed E-state index contributed by atoms with van der Waals surface area (Å²) in [6.07, 6.45) is 11.9. The number of hydrogen-bond acceptors (Lipinski definition) is 3. The van der Waals surface area contributed by atoms with Crippen molar-refractivity contribution >= 4 is 6.03 Å². The van der Waals surface area contributed by atoms with Crippen molar-refractivity contribution in [2.24, 2.45) is 11.8 Å². The summed E-state index contributed by atoms with van der Waals surface area (Å²) in [4.78, 5) is 21.1. The topological polar surface area (TPSA) is 53.4 Å². The summed E-state index contributed by atoms with van der Waals surface area (Å²) in [5.74, 6) is 1.44. The fraction of sp³-hybridized carbons (Fsp3) is 0.789. The number of likely N-dealkylation sites (tertiary alicyclic amines) is 2. The fourth-order valence-electron chi connectivity index (χ4n) is 4.14. The predicted octanol–water partition coefficient (Wildman–Crippen LogP) is 2.43. The Morgan fingerprint density at radius 2 is 2.04 bits per heavy atom. The first-order valence-corrected chi connectivity index (χ1v) is 9.95. The minimum absolute atomic E-state index is 0.110. The van der Waals surface area contributed by atoms with Gasteiger partial charge in [-0.15, -0.1) is 0 Å². The molecule has 2 amide bonds. The van der Waals surface area contributed by atoms with E-state index < -0.39 is 0 Å². The molecule has 140 valence electrons. The second-order valence-electron chi connectivity index (χ2n) is 7.64. The Labute approximate surface area is 151 Å². The van der Waals surface area contributed by atoms with Crippen LogP contribution in [0.4, 0.5) is 4.79 Å². The molecule has 0 unspecified atom stereocenters. The Morgan fingerprint density at radius 3 is 2.76 bits per heavy atom. The number of amides is 2. The highest BCUT2D eigenvalue weighted by Gasteiger charge is 2.24. The van der Waals surface area contributed by atoms with E-state index in [-0.39, 0.29) is 6.03 Å². The number of urea groups is 1. The molecule has 0 spiro atoms. The second kappa shape index (κ2) is 9.22. The van der Waals surface area contributed by atoms with Crippen LogP contribution in [0.3, 0.4) is 0 Å². The van der Waals surface area contributed by atoms with Gasteiger partial charge in [-0.2, -0.15) is 0 Å². The molecule has 0 aromatic carbocycles. The Hall–Kier alpha value is -1.56. The van der Waals surface area contributed by atoms with E-state index in [9.17, 15) is 4.79 Å². The second-order valence-corrected chi connectivity index (χ2v) is 7.64. The van der Waals surface area contributed by atoms with Gasteiger partial charge in [-0.3, -0.25) is 0 Å². The molecule has 6 nitrogen and oxygen atoms in total. The number of carbonyl (C=O) groups excluding carboxylic acids is 1. The smallest absolute Gasteiger partial charge is 0.317 e. The fourth-order valence-corrected chi connectivity index (χ4v) is 4.14. The van der Waals surface area contributed by atoms with Gasteiger partial charge in [0.15, 0.2) is 0 Å². The van der Waals surface area contributed by atoms with Gasteiger partial charge in [-0.05, 0) is 50.6 Å². The molecule has 3 rings (SSSR count). The van der Waals surface area contributed by atoms with E-state index in [1.165, 1.54) is 38.8 Å². The zero-order chi connectivity index (χ0) is 17.5. The van der Waals surface area contributed by atoms with E-state index >= 15 is 0 Å². The molecule has 6 heteroatoms. The van der Waals surface area contributed by atoms with E-state index in [4.69, 9.17) is 0 Å². The third-order valence-corrected chi connectivity index (χ3v) is 5.82. The largest absolute Gasteiger partial charge is 0.337 e. The molecule has 1 N–H and O–H groups in total. The maximum atomic E-state index is 12.5. The van der Waals surface area contributed by atoms with Crippen molar-refractivity contribution in [1.82, 2.24) is 24.7 Å². The van der Waals surface area contributed by atoms with Crippen LogP contribution in [0.1, 0.15) is 39.0 Å². The van der Waals surface area contributed by atoms with Gasteiger partial charge in [0, 0.05) is 45.1 Å². The van der Waals surface area contributed by atoms with Gasteiger partial charge in [0.2, 0.25) is 0 Å². The molecule has 1 aromatic rings. The Morgan fingerprint density at radius 1 is 1.20 bits per heavy atom. The molecule has 1 atom stereocenters. The summed E-state index contributed by atoms with van der Waals surface area (Å²) in [7, 11) is 0. The molecule has 0 radical (unpaired) electrons. The maximum absolute atomic E-state index is 12.5. The highest BCUT2D eigenvalue weighted by atomic mass is 16.2. The average Bonchev–Trinajstić information content (AvgIpc) is 3.15. The molecule has 2 saturated heterocycles. The molecule has 25 heavy (non-hydrogen) atoms. The Bertz CT molecular complexity index is 510. The van der Waals surface area contributed by atoms with E-state index in [2.05, 4.69) is 26.7 Å². The summed E-state index contributed by atoms with van der Waals surface area (Å²) in [5, 5.41) is 3.13. The van der Waals surface area contributed by atoms with Crippen LogP contribution < -0.4 is 5.32 Å². The molecular formula is C19H33N5O. The van der Waals surface area contributed by atoms with Crippen LogP contribution in [0.2, 0.25) is 0 Å². The number of rotatable bonds is 6. The lowest BCUT2D eigenvalue weighted by Crippen LogP contribution is -2.48. The Kier molecular flexibility index (Phi) is 6.73. The minimum Gasteiger partial charge on any atom is -0.337 e. The summed E-state index contributed by atoms with van der Waals surface area (Å²) in [5.41, 5.74) is 0. The third-order valence-electron chi connectivity index (χ3n) is 5.82. The van der Waals surface area contributed by atoms with Crippen molar-refractivity contribution in [3.05, 3.63) is 18.7 Å². The first-order valence-electron chi connectivity index (χ1n) is 9.95. The first kappa shape index (κ1) is 18.2. The van der Waals surface area contributed by atoms with Crippen LogP contribution >= 0.6 is 0 Å². The molecule has 3 heterocycles. The number of aromatic nitrogens is 2. The van der Waals surface area contributed by atoms with Crippen LogP contribution in [-0.2, 0) is 6.54 Å². The number of imidazole rings is 1. The average molecular weight is 348 g/mol. The van der Waals surface area contributed by atoms with Gasteiger partial charge in [-0.25, -0.2) is 9.78 Å². The monoisotopic (exact) mass is 347 g/mol. The van der Waals surface area contributed by atoms with Crippen molar-refractivity contribution in [2.45, 2.75) is 45.6 Å². The lowest BCUT2D eigenvalue weighted by molar-refractivity contribution is 0.153. The van der Waals surface area contributed by atoms with Crippen LogP contribution in [-0.4, -0.2) is 64.7 Å². The van der Waals surface area contributed by atoms with Crippen LogP contribution in [0.15, 0.2) is 18.7 Å². The van der Waals surface area contributed by atoms with Crippen LogP contribution in [0.5, 0.6) is 0 Å².